The fourth-order valence-electron chi connectivity index (χ4n) is 3.09. The summed E-state index contributed by atoms with van der Waals surface area (Å²) < 4.78 is 0. The first-order valence-electron chi connectivity index (χ1n) is 8.18. The predicted molar refractivity (Wildman–Crippen MR) is 92.4 cm³/mol. The van der Waals surface area contributed by atoms with Gasteiger partial charge >= 0.3 is 0 Å². The Bertz CT molecular complexity index is 731. The number of piperidine rings is 1. The van der Waals surface area contributed by atoms with Crippen LogP contribution in [0.25, 0.3) is 0 Å². The van der Waals surface area contributed by atoms with Crippen molar-refractivity contribution in [1.82, 2.24) is 9.88 Å². The van der Waals surface area contributed by atoms with Crippen LogP contribution in [0, 0.1) is 11.3 Å². The SMILES string of the molecule is N#Cc1ccccc1NC(=O)CN1CCC(c2ccccn2)CC1. The molecule has 0 aliphatic carbocycles. The van der Waals surface area contributed by atoms with Crippen molar-refractivity contribution in [2.45, 2.75) is 18.8 Å². The third-order valence-electron chi connectivity index (χ3n) is 4.38. The highest BCUT2D eigenvalue weighted by atomic mass is 16.2. The minimum Gasteiger partial charge on any atom is -0.324 e. The molecule has 5 nitrogen and oxygen atoms in total. The summed E-state index contributed by atoms with van der Waals surface area (Å²) in [5.74, 6) is 0.402. The van der Waals surface area contributed by atoms with Crippen LogP contribution in [0.2, 0.25) is 0 Å². The number of nitrogens with one attached hydrogen (secondary N) is 1. The molecule has 1 fully saturated rings. The molecule has 1 aliphatic heterocycles. The van der Waals surface area contributed by atoms with Crippen LogP contribution in [0.3, 0.4) is 0 Å². The summed E-state index contributed by atoms with van der Waals surface area (Å²) in [7, 11) is 0. The first-order chi connectivity index (χ1) is 11.8. The number of para-hydroxylation sites is 1. The molecule has 1 saturated heterocycles. The molecule has 1 amide bonds. The number of pyridine rings is 1. The fraction of sp³-hybridized carbons (Fsp3) is 0.316. The highest BCUT2D eigenvalue weighted by Crippen LogP contribution is 2.26. The van der Waals surface area contributed by atoms with E-state index in [9.17, 15) is 4.79 Å². The van der Waals surface area contributed by atoms with Gasteiger partial charge in [-0.15, -0.1) is 0 Å². The smallest absolute Gasteiger partial charge is 0.238 e. The van der Waals surface area contributed by atoms with Crippen LogP contribution in [0.4, 0.5) is 5.69 Å². The van der Waals surface area contributed by atoms with E-state index in [2.05, 4.69) is 27.3 Å². The molecule has 122 valence electrons. The maximum absolute atomic E-state index is 12.2. The van der Waals surface area contributed by atoms with Gasteiger partial charge in [-0.25, -0.2) is 0 Å². The lowest BCUT2D eigenvalue weighted by Crippen LogP contribution is -2.38. The molecule has 0 bridgehead atoms. The maximum Gasteiger partial charge on any atom is 0.238 e. The number of carbonyl (C=O) groups excluding carboxylic acids is 1. The molecule has 3 rings (SSSR count). The molecule has 0 atom stereocenters. The number of likely N-dealkylation sites (tertiary alicyclic amines) is 1. The highest BCUT2D eigenvalue weighted by Gasteiger charge is 2.22. The van der Waals surface area contributed by atoms with Crippen LogP contribution >= 0.6 is 0 Å². The Morgan fingerprint density at radius 3 is 2.67 bits per heavy atom. The van der Waals surface area contributed by atoms with Gasteiger partial charge in [-0.1, -0.05) is 18.2 Å². The third kappa shape index (κ3) is 3.98. The van der Waals surface area contributed by atoms with Gasteiger partial charge in [-0.3, -0.25) is 14.7 Å². The summed E-state index contributed by atoms with van der Waals surface area (Å²) in [6.07, 6.45) is 3.86. The van der Waals surface area contributed by atoms with Gasteiger partial charge in [-0.2, -0.15) is 5.26 Å². The zero-order valence-corrected chi connectivity index (χ0v) is 13.5. The van der Waals surface area contributed by atoms with Gasteiger partial charge in [0, 0.05) is 17.8 Å². The van der Waals surface area contributed by atoms with Crippen molar-refractivity contribution in [3.8, 4) is 6.07 Å². The van der Waals surface area contributed by atoms with Crippen LogP contribution in [-0.2, 0) is 4.79 Å². The van der Waals surface area contributed by atoms with Crippen molar-refractivity contribution in [3.63, 3.8) is 0 Å². The van der Waals surface area contributed by atoms with Gasteiger partial charge in [0.2, 0.25) is 5.91 Å². The number of benzene rings is 1. The Kier molecular flexibility index (Phi) is 5.19. The Labute approximate surface area is 141 Å². The summed E-state index contributed by atoms with van der Waals surface area (Å²) in [5, 5.41) is 11.9. The average Bonchev–Trinajstić information content (AvgIpc) is 2.63. The highest BCUT2D eigenvalue weighted by molar-refractivity contribution is 5.93. The number of nitrogens with zero attached hydrogens (tertiary/aromatic N) is 3. The molecule has 1 aromatic heterocycles. The molecule has 1 aromatic carbocycles. The predicted octanol–water partition coefficient (Wildman–Crippen LogP) is 2.77. The second kappa shape index (κ2) is 7.71. The van der Waals surface area contributed by atoms with Gasteiger partial charge in [0.1, 0.15) is 6.07 Å². The lowest BCUT2D eigenvalue weighted by molar-refractivity contribution is -0.117. The van der Waals surface area contributed by atoms with Gasteiger partial charge < -0.3 is 5.32 Å². The maximum atomic E-state index is 12.2. The quantitative estimate of drug-likeness (QED) is 0.940. The fourth-order valence-corrected chi connectivity index (χ4v) is 3.09. The first kappa shape index (κ1) is 16.2. The summed E-state index contributed by atoms with van der Waals surface area (Å²) in [6.45, 7) is 2.12. The molecule has 0 unspecified atom stereocenters. The number of nitriles is 1. The van der Waals surface area contributed by atoms with E-state index in [0.29, 0.717) is 23.7 Å². The Balaban J connectivity index is 1.51. The largest absolute Gasteiger partial charge is 0.324 e. The van der Waals surface area contributed by atoms with E-state index in [1.54, 1.807) is 18.2 Å². The van der Waals surface area contributed by atoms with Crippen LogP contribution < -0.4 is 5.32 Å². The molecule has 0 radical (unpaired) electrons. The molecule has 1 N–H and O–H groups in total. The zero-order valence-electron chi connectivity index (χ0n) is 13.5. The third-order valence-corrected chi connectivity index (χ3v) is 4.38. The molecule has 2 aromatic rings. The number of aromatic nitrogens is 1. The van der Waals surface area contributed by atoms with Crippen molar-refractivity contribution in [3.05, 3.63) is 59.9 Å². The van der Waals surface area contributed by atoms with E-state index in [-0.39, 0.29) is 5.91 Å². The van der Waals surface area contributed by atoms with E-state index in [1.807, 2.05) is 24.4 Å². The second-order valence-corrected chi connectivity index (χ2v) is 6.01. The standard InChI is InChI=1S/C19H20N4O/c20-13-16-5-1-2-7-18(16)22-19(24)14-23-11-8-15(9-12-23)17-6-3-4-10-21-17/h1-7,10,15H,8-9,11-12,14H2,(H,22,24). The minimum atomic E-state index is -0.0750. The molecule has 24 heavy (non-hydrogen) atoms. The van der Waals surface area contributed by atoms with Crippen LogP contribution in [0.5, 0.6) is 0 Å². The van der Waals surface area contributed by atoms with Crippen molar-refractivity contribution in [1.29, 1.82) is 5.26 Å². The summed E-state index contributed by atoms with van der Waals surface area (Å²) in [6, 6.07) is 15.2. The molecular formula is C19H20N4O. The van der Waals surface area contributed by atoms with Crippen LogP contribution in [0.1, 0.15) is 30.0 Å². The number of amides is 1. The van der Waals surface area contributed by atoms with E-state index >= 15 is 0 Å². The monoisotopic (exact) mass is 320 g/mol. The number of hydrogen-bond donors (Lipinski definition) is 1. The van der Waals surface area contributed by atoms with Gasteiger partial charge in [0.25, 0.3) is 0 Å². The van der Waals surface area contributed by atoms with E-state index < -0.39 is 0 Å². The van der Waals surface area contributed by atoms with E-state index in [4.69, 9.17) is 5.26 Å². The minimum absolute atomic E-state index is 0.0750. The second-order valence-electron chi connectivity index (χ2n) is 6.01. The summed E-state index contributed by atoms with van der Waals surface area (Å²) in [5.41, 5.74) is 2.21. The van der Waals surface area contributed by atoms with Crippen molar-refractivity contribution in [2.75, 3.05) is 25.0 Å². The van der Waals surface area contributed by atoms with Crippen molar-refractivity contribution in [2.24, 2.45) is 0 Å². The molecule has 5 heteroatoms. The van der Waals surface area contributed by atoms with Crippen LogP contribution in [0.15, 0.2) is 48.7 Å². The van der Waals surface area contributed by atoms with Crippen LogP contribution in [-0.4, -0.2) is 35.4 Å². The molecule has 2 heterocycles. The van der Waals surface area contributed by atoms with E-state index in [0.717, 1.165) is 31.6 Å². The van der Waals surface area contributed by atoms with E-state index in [1.165, 1.54) is 0 Å². The normalized spacial score (nSPS) is 15.6. The lowest BCUT2D eigenvalue weighted by atomic mass is 9.93. The molecular weight excluding hydrogens is 300 g/mol. The number of carbonyl (C=O) groups is 1. The summed E-state index contributed by atoms with van der Waals surface area (Å²) >= 11 is 0. The number of anilines is 1. The first-order valence-corrected chi connectivity index (χ1v) is 8.18. The van der Waals surface area contributed by atoms with Gasteiger partial charge in [0.05, 0.1) is 17.8 Å². The van der Waals surface area contributed by atoms with Crippen molar-refractivity contribution >= 4 is 11.6 Å². The topological polar surface area (TPSA) is 69.0 Å². The van der Waals surface area contributed by atoms with Gasteiger partial charge in [0.15, 0.2) is 0 Å². The van der Waals surface area contributed by atoms with Crippen molar-refractivity contribution < 1.29 is 4.79 Å². The number of rotatable bonds is 4. The Morgan fingerprint density at radius 2 is 1.96 bits per heavy atom. The number of hydrogen-bond acceptors (Lipinski definition) is 4. The summed E-state index contributed by atoms with van der Waals surface area (Å²) in [4.78, 5) is 18.8. The lowest BCUT2D eigenvalue weighted by Gasteiger charge is -2.31. The average molecular weight is 320 g/mol. The zero-order chi connectivity index (χ0) is 16.8. The Morgan fingerprint density at radius 1 is 1.21 bits per heavy atom. The molecule has 1 aliphatic rings. The molecule has 0 spiro atoms. The van der Waals surface area contributed by atoms with Gasteiger partial charge in [-0.05, 0) is 50.2 Å². The molecule has 0 saturated carbocycles. The Hall–Kier alpha value is -2.71.